The van der Waals surface area contributed by atoms with Gasteiger partial charge in [-0.25, -0.2) is 4.79 Å². The van der Waals surface area contributed by atoms with Crippen molar-refractivity contribution in [2.45, 2.75) is 45.6 Å². The molecule has 0 aliphatic heterocycles. The second-order valence-corrected chi connectivity index (χ2v) is 7.80. The quantitative estimate of drug-likeness (QED) is 0.703. The zero-order valence-corrected chi connectivity index (χ0v) is 16.7. The molecule has 1 heterocycles. The number of amides is 1. The average molecular weight is 387 g/mol. The Labute approximate surface area is 164 Å². The molecule has 0 bridgehead atoms. The molecule has 0 saturated carbocycles. The first-order valence-electron chi connectivity index (χ1n) is 9.50. The number of benzene rings is 1. The Morgan fingerprint density at radius 3 is 2.67 bits per heavy atom. The highest BCUT2D eigenvalue weighted by atomic mass is 32.1. The Bertz CT molecular complexity index is 801. The Balaban J connectivity index is 1.68. The van der Waals surface area contributed by atoms with Crippen LogP contribution >= 0.6 is 11.3 Å². The molecule has 27 heavy (non-hydrogen) atoms. The highest BCUT2D eigenvalue weighted by Crippen LogP contribution is 2.38. The Hall–Kier alpha value is -2.18. The minimum Gasteiger partial charge on any atom is -0.462 e. The van der Waals surface area contributed by atoms with Gasteiger partial charge in [-0.3, -0.25) is 4.79 Å². The van der Waals surface area contributed by atoms with Crippen molar-refractivity contribution in [3.05, 3.63) is 51.9 Å². The van der Waals surface area contributed by atoms with Gasteiger partial charge in [-0.15, -0.1) is 11.3 Å². The van der Waals surface area contributed by atoms with Crippen molar-refractivity contribution in [1.29, 1.82) is 0 Å². The number of hydrogen-bond donors (Lipinski definition) is 2. The van der Waals surface area contributed by atoms with Crippen LogP contribution in [-0.2, 0) is 22.4 Å². The highest BCUT2D eigenvalue weighted by Gasteiger charge is 2.27. The van der Waals surface area contributed by atoms with Crippen molar-refractivity contribution in [1.82, 2.24) is 5.32 Å². The van der Waals surface area contributed by atoms with E-state index in [9.17, 15) is 9.59 Å². The minimum absolute atomic E-state index is 0.0676. The van der Waals surface area contributed by atoms with Crippen LogP contribution in [0, 0.1) is 0 Å². The van der Waals surface area contributed by atoms with Crippen molar-refractivity contribution in [3.8, 4) is 0 Å². The van der Waals surface area contributed by atoms with Gasteiger partial charge in [0, 0.05) is 10.9 Å². The van der Waals surface area contributed by atoms with Crippen LogP contribution in [0.25, 0.3) is 0 Å². The molecular formula is C21H26N2O3S. The lowest BCUT2D eigenvalue weighted by Crippen LogP contribution is -2.30. The number of fused-ring (bicyclic) bond motifs is 1. The van der Waals surface area contributed by atoms with Crippen LogP contribution in [-0.4, -0.2) is 25.0 Å². The molecule has 0 radical (unpaired) electrons. The zero-order chi connectivity index (χ0) is 19.2. The first-order valence-corrected chi connectivity index (χ1v) is 10.3. The molecule has 1 aromatic heterocycles. The number of esters is 1. The van der Waals surface area contributed by atoms with Crippen LogP contribution in [0.3, 0.4) is 0 Å². The fourth-order valence-electron chi connectivity index (χ4n) is 3.35. The number of nitrogens with one attached hydrogen (secondary N) is 2. The second kappa shape index (κ2) is 9.15. The van der Waals surface area contributed by atoms with Crippen molar-refractivity contribution in [3.63, 3.8) is 0 Å². The molecule has 3 rings (SSSR count). The number of carbonyl (C=O) groups is 2. The van der Waals surface area contributed by atoms with E-state index in [2.05, 4.69) is 10.6 Å². The number of ether oxygens (including phenoxy) is 1. The average Bonchev–Trinajstić information content (AvgIpc) is 3.04. The predicted octanol–water partition coefficient (Wildman–Crippen LogP) is 4.09. The summed E-state index contributed by atoms with van der Waals surface area (Å²) in [6.07, 6.45) is 4.03. The molecule has 0 spiro atoms. The highest BCUT2D eigenvalue weighted by molar-refractivity contribution is 7.17. The van der Waals surface area contributed by atoms with Gasteiger partial charge in [0.05, 0.1) is 18.7 Å². The summed E-state index contributed by atoms with van der Waals surface area (Å²) in [4.78, 5) is 26.1. The number of carbonyl (C=O) groups excluding carboxylic acids is 2. The maximum absolute atomic E-state index is 12.5. The molecule has 1 aromatic carbocycles. The minimum atomic E-state index is -0.335. The largest absolute Gasteiger partial charge is 0.462 e. The maximum atomic E-state index is 12.5. The van der Waals surface area contributed by atoms with Gasteiger partial charge in [0.1, 0.15) is 5.00 Å². The van der Waals surface area contributed by atoms with Gasteiger partial charge >= 0.3 is 5.97 Å². The molecule has 144 valence electrons. The van der Waals surface area contributed by atoms with Crippen LogP contribution in [0.15, 0.2) is 30.3 Å². The van der Waals surface area contributed by atoms with Crippen molar-refractivity contribution in [2.75, 3.05) is 18.5 Å². The van der Waals surface area contributed by atoms with Crippen molar-refractivity contribution in [2.24, 2.45) is 0 Å². The first-order chi connectivity index (χ1) is 13.1. The lowest BCUT2D eigenvalue weighted by Gasteiger charge is -2.14. The van der Waals surface area contributed by atoms with Gasteiger partial charge in [0.15, 0.2) is 0 Å². The van der Waals surface area contributed by atoms with Crippen molar-refractivity contribution >= 4 is 28.2 Å². The third kappa shape index (κ3) is 4.76. The molecule has 1 aliphatic rings. The third-order valence-corrected chi connectivity index (χ3v) is 5.98. The number of thiophene rings is 1. The number of rotatable bonds is 7. The van der Waals surface area contributed by atoms with Gasteiger partial charge in [-0.05, 0) is 50.7 Å². The van der Waals surface area contributed by atoms with E-state index in [1.54, 1.807) is 6.92 Å². The van der Waals surface area contributed by atoms with E-state index in [4.69, 9.17) is 4.74 Å². The summed E-state index contributed by atoms with van der Waals surface area (Å²) in [5, 5.41) is 6.79. The molecule has 2 aromatic rings. The number of anilines is 1. The van der Waals surface area contributed by atoms with Gasteiger partial charge in [-0.1, -0.05) is 30.3 Å². The molecule has 1 unspecified atom stereocenters. The van der Waals surface area contributed by atoms with Crippen LogP contribution < -0.4 is 10.6 Å². The second-order valence-electron chi connectivity index (χ2n) is 6.70. The van der Waals surface area contributed by atoms with E-state index in [0.717, 1.165) is 36.8 Å². The van der Waals surface area contributed by atoms with Gasteiger partial charge in [-0.2, -0.15) is 0 Å². The van der Waals surface area contributed by atoms with Crippen LogP contribution in [0.1, 0.15) is 59.1 Å². The summed E-state index contributed by atoms with van der Waals surface area (Å²) in [7, 11) is 0. The Morgan fingerprint density at radius 2 is 1.93 bits per heavy atom. The monoisotopic (exact) mass is 386 g/mol. The van der Waals surface area contributed by atoms with Gasteiger partial charge in [0.25, 0.3) is 0 Å². The zero-order valence-electron chi connectivity index (χ0n) is 15.8. The molecule has 1 amide bonds. The SMILES string of the molecule is CCOC(=O)c1c(NC(=O)CNC(C)c2ccccc2)sc2c1CCCC2. The molecule has 1 atom stereocenters. The molecular weight excluding hydrogens is 360 g/mol. The summed E-state index contributed by atoms with van der Waals surface area (Å²) < 4.78 is 5.23. The van der Waals surface area contributed by atoms with Crippen LogP contribution in [0.2, 0.25) is 0 Å². The van der Waals surface area contributed by atoms with E-state index in [-0.39, 0.29) is 24.5 Å². The van der Waals surface area contributed by atoms with Crippen molar-refractivity contribution < 1.29 is 14.3 Å². The summed E-state index contributed by atoms with van der Waals surface area (Å²) in [6.45, 7) is 4.33. The summed E-state index contributed by atoms with van der Waals surface area (Å²) in [6, 6.07) is 10.1. The molecule has 0 fully saturated rings. The lowest BCUT2D eigenvalue weighted by molar-refractivity contribution is -0.115. The fraction of sp³-hybridized carbons (Fsp3) is 0.429. The van der Waals surface area contributed by atoms with E-state index in [1.165, 1.54) is 16.2 Å². The molecule has 1 aliphatic carbocycles. The molecule has 5 nitrogen and oxygen atoms in total. The molecule has 6 heteroatoms. The maximum Gasteiger partial charge on any atom is 0.341 e. The van der Waals surface area contributed by atoms with E-state index < -0.39 is 0 Å². The number of hydrogen-bond acceptors (Lipinski definition) is 5. The fourth-order valence-corrected chi connectivity index (χ4v) is 4.64. The lowest BCUT2D eigenvalue weighted by atomic mass is 9.95. The standard InChI is InChI=1S/C21H26N2O3S/c1-3-26-21(25)19-16-11-7-8-12-17(16)27-20(19)23-18(24)13-22-14(2)15-9-5-4-6-10-15/h4-6,9-10,14,22H,3,7-8,11-13H2,1-2H3,(H,23,24). The van der Waals surface area contributed by atoms with Gasteiger partial charge < -0.3 is 15.4 Å². The number of aryl methyl sites for hydroxylation is 1. The summed E-state index contributed by atoms with van der Waals surface area (Å²) >= 11 is 1.51. The third-order valence-electron chi connectivity index (χ3n) is 4.77. The smallest absolute Gasteiger partial charge is 0.341 e. The summed E-state index contributed by atoms with van der Waals surface area (Å²) in [5.41, 5.74) is 2.75. The molecule has 0 saturated heterocycles. The predicted molar refractivity (Wildman–Crippen MR) is 108 cm³/mol. The normalized spacial score (nSPS) is 14.3. The Morgan fingerprint density at radius 1 is 1.19 bits per heavy atom. The van der Waals surface area contributed by atoms with Gasteiger partial charge in [0.2, 0.25) is 5.91 Å². The van der Waals surface area contributed by atoms with E-state index in [0.29, 0.717) is 17.2 Å². The van der Waals surface area contributed by atoms with Crippen LogP contribution in [0.4, 0.5) is 5.00 Å². The first kappa shape index (κ1) is 19.6. The van der Waals surface area contributed by atoms with E-state index >= 15 is 0 Å². The summed E-state index contributed by atoms with van der Waals surface area (Å²) in [5.74, 6) is -0.486. The molecule has 2 N–H and O–H groups in total. The van der Waals surface area contributed by atoms with E-state index in [1.807, 2.05) is 37.3 Å². The topological polar surface area (TPSA) is 67.4 Å². The van der Waals surface area contributed by atoms with Crippen LogP contribution in [0.5, 0.6) is 0 Å². The Kier molecular flexibility index (Phi) is 6.63.